The molecule has 92 valence electrons. The predicted octanol–water partition coefficient (Wildman–Crippen LogP) is 1.72. The number of amides is 1. The molecule has 0 spiro atoms. The van der Waals surface area contributed by atoms with Crippen LogP contribution in [0.4, 0.5) is 0 Å². The van der Waals surface area contributed by atoms with Gasteiger partial charge >= 0.3 is 0 Å². The second-order valence-electron chi connectivity index (χ2n) is 4.17. The normalized spacial score (nSPS) is 20.4. The largest absolute Gasteiger partial charge is 0.394 e. The van der Waals surface area contributed by atoms with Crippen LogP contribution in [0.3, 0.4) is 0 Å². The van der Waals surface area contributed by atoms with Gasteiger partial charge < -0.3 is 10.0 Å². The Kier molecular flexibility index (Phi) is 3.97. The van der Waals surface area contributed by atoms with Crippen LogP contribution in [0.1, 0.15) is 29.6 Å². The van der Waals surface area contributed by atoms with Gasteiger partial charge in [-0.05, 0) is 31.4 Å². The average Bonchev–Trinajstić information content (AvgIpc) is 2.38. The predicted molar refractivity (Wildman–Crippen MR) is 65.0 cm³/mol. The molecule has 1 fully saturated rings. The van der Waals surface area contributed by atoms with Crippen molar-refractivity contribution < 1.29 is 9.90 Å². The van der Waals surface area contributed by atoms with Crippen molar-refractivity contribution in [3.8, 4) is 0 Å². The quantitative estimate of drug-likeness (QED) is 0.818. The number of aliphatic hydroxyl groups excluding tert-OH is 1. The second-order valence-corrected chi connectivity index (χ2v) is 4.53. The monoisotopic (exact) mass is 254 g/mol. The number of hydrogen-bond acceptors (Lipinski definition) is 3. The minimum atomic E-state index is -0.137. The molecule has 4 nitrogen and oxygen atoms in total. The number of halogens is 1. The molecule has 0 aliphatic carbocycles. The van der Waals surface area contributed by atoms with Crippen molar-refractivity contribution in [3.63, 3.8) is 0 Å². The molecule has 1 saturated heterocycles. The van der Waals surface area contributed by atoms with E-state index in [2.05, 4.69) is 4.98 Å². The van der Waals surface area contributed by atoms with Crippen LogP contribution in [0.15, 0.2) is 18.3 Å². The van der Waals surface area contributed by atoms with Crippen molar-refractivity contribution in [1.82, 2.24) is 9.88 Å². The van der Waals surface area contributed by atoms with E-state index in [4.69, 9.17) is 11.6 Å². The van der Waals surface area contributed by atoms with Gasteiger partial charge in [0.15, 0.2) is 0 Å². The number of nitrogens with zero attached hydrogens (tertiary/aromatic N) is 2. The van der Waals surface area contributed by atoms with E-state index in [0.717, 1.165) is 19.3 Å². The highest BCUT2D eigenvalue weighted by Crippen LogP contribution is 2.21. The summed E-state index contributed by atoms with van der Waals surface area (Å²) in [4.78, 5) is 17.9. The van der Waals surface area contributed by atoms with Gasteiger partial charge in [0.05, 0.1) is 18.2 Å². The number of hydrogen-bond donors (Lipinski definition) is 1. The SMILES string of the molecule is O=C(c1cccnc1Cl)N1CCCC[C@H]1CO. The van der Waals surface area contributed by atoms with Crippen LogP contribution in [0.25, 0.3) is 0 Å². The summed E-state index contributed by atoms with van der Waals surface area (Å²) in [6, 6.07) is 3.27. The van der Waals surface area contributed by atoms with Crippen molar-refractivity contribution in [3.05, 3.63) is 29.0 Å². The highest BCUT2D eigenvalue weighted by atomic mass is 35.5. The molecule has 1 aromatic rings. The lowest BCUT2D eigenvalue weighted by Crippen LogP contribution is -2.45. The molecule has 1 amide bonds. The van der Waals surface area contributed by atoms with Crippen molar-refractivity contribution in [2.24, 2.45) is 0 Å². The first-order chi connectivity index (χ1) is 8.24. The third-order valence-electron chi connectivity index (χ3n) is 3.09. The summed E-state index contributed by atoms with van der Waals surface area (Å²) in [6.07, 6.45) is 4.43. The second kappa shape index (κ2) is 5.47. The number of likely N-dealkylation sites (tertiary alicyclic amines) is 1. The Morgan fingerprint density at radius 3 is 3.12 bits per heavy atom. The van der Waals surface area contributed by atoms with Crippen LogP contribution in [0.5, 0.6) is 0 Å². The molecule has 0 unspecified atom stereocenters. The summed E-state index contributed by atoms with van der Waals surface area (Å²) < 4.78 is 0. The minimum Gasteiger partial charge on any atom is -0.394 e. The van der Waals surface area contributed by atoms with Crippen LogP contribution in [0, 0.1) is 0 Å². The zero-order chi connectivity index (χ0) is 12.3. The first kappa shape index (κ1) is 12.3. The minimum absolute atomic E-state index is 0.00359. The van der Waals surface area contributed by atoms with Gasteiger partial charge in [-0.3, -0.25) is 4.79 Å². The van der Waals surface area contributed by atoms with Gasteiger partial charge in [0, 0.05) is 12.7 Å². The van der Waals surface area contributed by atoms with E-state index in [9.17, 15) is 9.90 Å². The molecular formula is C12H15ClN2O2. The molecule has 5 heteroatoms. The third kappa shape index (κ3) is 2.58. The molecule has 17 heavy (non-hydrogen) atoms. The molecular weight excluding hydrogens is 240 g/mol. The summed E-state index contributed by atoms with van der Waals surface area (Å²) in [7, 11) is 0. The van der Waals surface area contributed by atoms with Gasteiger partial charge in [-0.15, -0.1) is 0 Å². The fraction of sp³-hybridized carbons (Fsp3) is 0.500. The van der Waals surface area contributed by atoms with Crippen molar-refractivity contribution in [2.45, 2.75) is 25.3 Å². The fourth-order valence-corrected chi connectivity index (χ4v) is 2.36. The lowest BCUT2D eigenvalue weighted by atomic mass is 10.0. The molecule has 1 aromatic heterocycles. The number of pyridine rings is 1. The lowest BCUT2D eigenvalue weighted by molar-refractivity contribution is 0.0503. The van der Waals surface area contributed by atoms with Gasteiger partial charge in [0.2, 0.25) is 0 Å². The standard InChI is InChI=1S/C12H15ClN2O2/c13-11-10(5-3-6-14-11)12(17)15-7-2-1-4-9(15)8-16/h3,5-6,9,16H,1-2,4,7-8H2/t9-/m0/s1. The lowest BCUT2D eigenvalue weighted by Gasteiger charge is -2.34. The number of aliphatic hydroxyl groups is 1. The molecule has 1 atom stereocenters. The number of rotatable bonds is 2. The Labute approximate surface area is 105 Å². The molecule has 0 aromatic carbocycles. The number of carbonyl (C=O) groups excluding carboxylic acids is 1. The van der Waals surface area contributed by atoms with Crippen molar-refractivity contribution in [2.75, 3.05) is 13.2 Å². The van der Waals surface area contributed by atoms with Gasteiger partial charge in [0.1, 0.15) is 5.15 Å². The Balaban J connectivity index is 2.21. The average molecular weight is 255 g/mol. The van der Waals surface area contributed by atoms with E-state index >= 15 is 0 Å². The molecule has 1 aliphatic heterocycles. The molecule has 2 heterocycles. The summed E-state index contributed by atoms with van der Waals surface area (Å²) in [5.41, 5.74) is 0.412. The van der Waals surface area contributed by atoms with Crippen molar-refractivity contribution in [1.29, 1.82) is 0 Å². The van der Waals surface area contributed by atoms with E-state index < -0.39 is 0 Å². The molecule has 1 aliphatic rings. The van der Waals surface area contributed by atoms with Gasteiger partial charge in [0.25, 0.3) is 5.91 Å². The summed E-state index contributed by atoms with van der Waals surface area (Å²) in [5, 5.41) is 9.51. The zero-order valence-corrected chi connectivity index (χ0v) is 10.2. The molecule has 1 N–H and O–H groups in total. The van der Waals surface area contributed by atoms with Crippen molar-refractivity contribution >= 4 is 17.5 Å². The van der Waals surface area contributed by atoms with Gasteiger partial charge in [-0.1, -0.05) is 11.6 Å². The maximum Gasteiger partial charge on any atom is 0.257 e. The maximum atomic E-state index is 12.3. The summed E-state index contributed by atoms with van der Waals surface area (Å²) in [5.74, 6) is -0.137. The van der Waals surface area contributed by atoms with E-state index in [-0.39, 0.29) is 23.7 Å². The van der Waals surface area contributed by atoms with Crippen LogP contribution in [-0.4, -0.2) is 40.1 Å². The van der Waals surface area contributed by atoms with E-state index in [0.29, 0.717) is 12.1 Å². The van der Waals surface area contributed by atoms with Gasteiger partial charge in [-0.2, -0.15) is 0 Å². The highest BCUT2D eigenvalue weighted by Gasteiger charge is 2.28. The highest BCUT2D eigenvalue weighted by molar-refractivity contribution is 6.32. The Morgan fingerprint density at radius 1 is 1.59 bits per heavy atom. The number of aromatic nitrogens is 1. The Bertz CT molecular complexity index is 411. The van der Waals surface area contributed by atoms with Crippen LogP contribution in [-0.2, 0) is 0 Å². The zero-order valence-electron chi connectivity index (χ0n) is 9.47. The van der Waals surface area contributed by atoms with Crippen LogP contribution < -0.4 is 0 Å². The Morgan fingerprint density at radius 2 is 2.41 bits per heavy atom. The Hall–Kier alpha value is -1.13. The van der Waals surface area contributed by atoms with Gasteiger partial charge in [-0.25, -0.2) is 4.98 Å². The molecule has 2 rings (SSSR count). The first-order valence-corrected chi connectivity index (χ1v) is 6.14. The van der Waals surface area contributed by atoms with Crippen LogP contribution >= 0.6 is 11.6 Å². The topological polar surface area (TPSA) is 53.4 Å². The summed E-state index contributed by atoms with van der Waals surface area (Å²) >= 11 is 5.91. The summed E-state index contributed by atoms with van der Waals surface area (Å²) in [6.45, 7) is 0.679. The number of piperidine rings is 1. The van der Waals surface area contributed by atoms with E-state index in [1.165, 1.54) is 0 Å². The molecule has 0 bridgehead atoms. The van der Waals surface area contributed by atoms with E-state index in [1.54, 1.807) is 23.2 Å². The van der Waals surface area contributed by atoms with Crippen LogP contribution in [0.2, 0.25) is 5.15 Å². The maximum absolute atomic E-state index is 12.3. The smallest absolute Gasteiger partial charge is 0.257 e. The van der Waals surface area contributed by atoms with E-state index in [1.807, 2.05) is 0 Å². The molecule has 0 saturated carbocycles. The number of carbonyl (C=O) groups is 1. The first-order valence-electron chi connectivity index (χ1n) is 5.76. The molecule has 0 radical (unpaired) electrons. The fourth-order valence-electron chi connectivity index (χ4n) is 2.16. The third-order valence-corrected chi connectivity index (χ3v) is 3.39.